The Morgan fingerprint density at radius 2 is 1.95 bits per heavy atom. The van der Waals surface area contributed by atoms with E-state index in [0.717, 1.165) is 50.2 Å². The van der Waals surface area contributed by atoms with Crippen LogP contribution in [-0.2, 0) is 6.54 Å². The van der Waals surface area contributed by atoms with Crippen molar-refractivity contribution in [1.82, 2.24) is 15.3 Å². The Labute approximate surface area is 129 Å². The second-order valence-electron chi connectivity index (χ2n) is 5.05. The molecule has 112 valence electrons. The van der Waals surface area contributed by atoms with Crippen LogP contribution < -0.4 is 15.1 Å². The van der Waals surface area contributed by atoms with Gasteiger partial charge in [-0.2, -0.15) is 0 Å². The molecule has 1 aliphatic rings. The highest BCUT2D eigenvalue weighted by molar-refractivity contribution is 7.15. The molecule has 0 bridgehead atoms. The lowest BCUT2D eigenvalue weighted by atomic mass is 10.3. The van der Waals surface area contributed by atoms with E-state index in [1.807, 2.05) is 24.5 Å². The minimum atomic E-state index is 0.919. The molecule has 2 aromatic heterocycles. The first-order chi connectivity index (χ1) is 10.4. The Bertz CT molecular complexity index is 548. The van der Waals surface area contributed by atoms with E-state index >= 15 is 0 Å². The summed E-state index contributed by atoms with van der Waals surface area (Å²) in [5, 5.41) is 4.49. The van der Waals surface area contributed by atoms with Crippen LogP contribution in [-0.4, -0.2) is 42.7 Å². The molecule has 21 heavy (non-hydrogen) atoms. The predicted molar refractivity (Wildman–Crippen MR) is 88.2 cm³/mol. The maximum atomic E-state index is 4.56. The summed E-state index contributed by atoms with van der Waals surface area (Å²) < 4.78 is 0. The highest BCUT2D eigenvalue weighted by Crippen LogP contribution is 2.24. The number of nitrogens with zero attached hydrogens (tertiary/aromatic N) is 4. The van der Waals surface area contributed by atoms with E-state index < -0.39 is 0 Å². The molecule has 0 spiro atoms. The van der Waals surface area contributed by atoms with Crippen LogP contribution in [0.25, 0.3) is 0 Å². The summed E-state index contributed by atoms with van der Waals surface area (Å²) in [7, 11) is 0. The quantitative estimate of drug-likeness (QED) is 0.915. The van der Waals surface area contributed by atoms with Crippen molar-refractivity contribution >= 4 is 22.3 Å². The fourth-order valence-electron chi connectivity index (χ4n) is 2.44. The molecule has 3 rings (SSSR count). The van der Waals surface area contributed by atoms with Crippen LogP contribution in [0.15, 0.2) is 30.6 Å². The summed E-state index contributed by atoms with van der Waals surface area (Å²) in [6.45, 7) is 8.05. The Kier molecular flexibility index (Phi) is 4.67. The van der Waals surface area contributed by atoms with E-state index in [4.69, 9.17) is 0 Å². The van der Waals surface area contributed by atoms with Gasteiger partial charge in [-0.1, -0.05) is 13.0 Å². The van der Waals surface area contributed by atoms with Crippen molar-refractivity contribution < 1.29 is 0 Å². The molecule has 2 aromatic rings. The van der Waals surface area contributed by atoms with E-state index in [0.29, 0.717) is 0 Å². The number of hydrogen-bond donors (Lipinski definition) is 1. The minimum absolute atomic E-state index is 0.919. The highest BCUT2D eigenvalue weighted by atomic mass is 32.1. The van der Waals surface area contributed by atoms with Gasteiger partial charge in [0, 0.05) is 50.0 Å². The van der Waals surface area contributed by atoms with Gasteiger partial charge >= 0.3 is 0 Å². The fourth-order valence-corrected chi connectivity index (χ4v) is 3.37. The van der Waals surface area contributed by atoms with Crippen LogP contribution in [0.3, 0.4) is 0 Å². The van der Waals surface area contributed by atoms with Crippen LogP contribution >= 0.6 is 11.3 Å². The summed E-state index contributed by atoms with van der Waals surface area (Å²) in [6, 6.07) is 6.08. The second-order valence-corrected chi connectivity index (χ2v) is 6.15. The van der Waals surface area contributed by atoms with Crippen molar-refractivity contribution in [2.75, 3.05) is 42.5 Å². The van der Waals surface area contributed by atoms with Gasteiger partial charge in [0.25, 0.3) is 0 Å². The molecule has 6 heteroatoms. The Balaban J connectivity index is 1.57. The van der Waals surface area contributed by atoms with Gasteiger partial charge in [0.05, 0.1) is 0 Å². The van der Waals surface area contributed by atoms with Gasteiger partial charge in [0.2, 0.25) is 0 Å². The van der Waals surface area contributed by atoms with Crippen molar-refractivity contribution in [3.8, 4) is 0 Å². The van der Waals surface area contributed by atoms with Crippen LogP contribution in [0.1, 0.15) is 11.8 Å². The first-order valence-electron chi connectivity index (χ1n) is 7.43. The van der Waals surface area contributed by atoms with Crippen molar-refractivity contribution in [1.29, 1.82) is 0 Å². The van der Waals surface area contributed by atoms with E-state index in [9.17, 15) is 0 Å². The average Bonchev–Trinajstić information content (AvgIpc) is 3.03. The normalized spacial score (nSPS) is 15.5. The van der Waals surface area contributed by atoms with Crippen molar-refractivity contribution in [2.45, 2.75) is 13.5 Å². The molecule has 0 radical (unpaired) electrons. The molecule has 0 unspecified atom stereocenters. The Hall–Kier alpha value is -1.66. The lowest BCUT2D eigenvalue weighted by Crippen LogP contribution is -2.46. The fraction of sp³-hybridized carbons (Fsp3) is 0.467. The molecular weight excluding hydrogens is 282 g/mol. The van der Waals surface area contributed by atoms with Gasteiger partial charge in [-0.25, -0.2) is 9.97 Å². The number of aromatic nitrogens is 2. The molecule has 1 N–H and O–H groups in total. The molecule has 0 amide bonds. The largest absolute Gasteiger partial charge is 0.353 e. The van der Waals surface area contributed by atoms with Crippen LogP contribution in [0.4, 0.5) is 10.9 Å². The number of thiazole rings is 1. The third-order valence-electron chi connectivity index (χ3n) is 3.61. The predicted octanol–water partition coefficient (Wildman–Crippen LogP) is 1.97. The summed E-state index contributed by atoms with van der Waals surface area (Å²) in [5.74, 6) is 1.07. The second kappa shape index (κ2) is 6.87. The molecule has 0 saturated carbocycles. The van der Waals surface area contributed by atoms with Crippen molar-refractivity contribution in [3.63, 3.8) is 0 Å². The maximum absolute atomic E-state index is 4.56. The number of piperazine rings is 1. The molecule has 1 aliphatic heterocycles. The number of pyridine rings is 1. The first kappa shape index (κ1) is 14.3. The third kappa shape index (κ3) is 3.51. The van der Waals surface area contributed by atoms with Crippen LogP contribution in [0, 0.1) is 0 Å². The first-order valence-corrected chi connectivity index (χ1v) is 8.25. The SMILES string of the molecule is CCNCc1cnc(N2CCN(c3ccccn3)CC2)s1. The number of nitrogens with one attached hydrogen (secondary N) is 1. The van der Waals surface area contributed by atoms with Crippen molar-refractivity contribution in [2.24, 2.45) is 0 Å². The van der Waals surface area contributed by atoms with E-state index in [1.54, 1.807) is 11.3 Å². The molecule has 0 aliphatic carbocycles. The monoisotopic (exact) mass is 303 g/mol. The van der Waals surface area contributed by atoms with E-state index in [-0.39, 0.29) is 0 Å². The smallest absolute Gasteiger partial charge is 0.185 e. The topological polar surface area (TPSA) is 44.3 Å². The van der Waals surface area contributed by atoms with Crippen LogP contribution in [0.5, 0.6) is 0 Å². The van der Waals surface area contributed by atoms with Gasteiger partial charge in [-0.05, 0) is 18.7 Å². The maximum Gasteiger partial charge on any atom is 0.185 e. The van der Waals surface area contributed by atoms with E-state index in [2.05, 4.69) is 38.1 Å². The Morgan fingerprint density at radius 1 is 1.14 bits per heavy atom. The average molecular weight is 303 g/mol. The minimum Gasteiger partial charge on any atom is -0.353 e. The number of rotatable bonds is 5. The van der Waals surface area contributed by atoms with Gasteiger partial charge in [0.1, 0.15) is 5.82 Å². The number of hydrogen-bond acceptors (Lipinski definition) is 6. The molecule has 3 heterocycles. The zero-order valence-corrected chi connectivity index (χ0v) is 13.1. The van der Waals surface area contributed by atoms with Crippen molar-refractivity contribution in [3.05, 3.63) is 35.5 Å². The zero-order chi connectivity index (χ0) is 14.5. The van der Waals surface area contributed by atoms with Gasteiger partial charge in [-0.15, -0.1) is 11.3 Å². The number of anilines is 2. The lowest BCUT2D eigenvalue weighted by Gasteiger charge is -2.35. The molecule has 0 atom stereocenters. The summed E-state index contributed by atoms with van der Waals surface area (Å²) >= 11 is 1.79. The van der Waals surface area contributed by atoms with Gasteiger partial charge in [-0.3, -0.25) is 0 Å². The lowest BCUT2D eigenvalue weighted by molar-refractivity contribution is 0.646. The molecule has 1 saturated heterocycles. The van der Waals surface area contributed by atoms with E-state index in [1.165, 1.54) is 4.88 Å². The molecule has 0 aromatic carbocycles. The summed E-state index contributed by atoms with van der Waals surface area (Å²) in [6.07, 6.45) is 3.85. The standard InChI is InChI=1S/C15H21N5S/c1-2-16-11-13-12-18-15(21-13)20-9-7-19(8-10-20)14-5-3-4-6-17-14/h3-6,12,16H,2,7-11H2,1H3. The zero-order valence-electron chi connectivity index (χ0n) is 12.3. The molecule has 5 nitrogen and oxygen atoms in total. The summed E-state index contributed by atoms with van der Waals surface area (Å²) in [4.78, 5) is 15.0. The molecule has 1 fully saturated rings. The van der Waals surface area contributed by atoms with Crippen LogP contribution in [0.2, 0.25) is 0 Å². The Morgan fingerprint density at radius 3 is 2.67 bits per heavy atom. The van der Waals surface area contributed by atoms with Gasteiger partial charge in [0.15, 0.2) is 5.13 Å². The third-order valence-corrected chi connectivity index (χ3v) is 4.67. The highest BCUT2D eigenvalue weighted by Gasteiger charge is 2.20. The summed E-state index contributed by atoms with van der Waals surface area (Å²) in [5.41, 5.74) is 0. The van der Waals surface area contributed by atoms with Gasteiger partial charge < -0.3 is 15.1 Å². The molecular formula is C15H21N5S.